The van der Waals surface area contributed by atoms with E-state index in [0.717, 1.165) is 11.1 Å². The molecule has 3 aromatic rings. The highest BCUT2D eigenvalue weighted by atomic mass is 16.3. The van der Waals surface area contributed by atoms with Crippen LogP contribution < -0.4 is 5.32 Å². The summed E-state index contributed by atoms with van der Waals surface area (Å²) in [6.45, 7) is 0.455. The molecule has 1 aliphatic heterocycles. The van der Waals surface area contributed by atoms with Gasteiger partial charge in [-0.3, -0.25) is 9.59 Å². The summed E-state index contributed by atoms with van der Waals surface area (Å²) in [6, 6.07) is 15.4. The fourth-order valence-electron chi connectivity index (χ4n) is 3.18. The van der Waals surface area contributed by atoms with Gasteiger partial charge in [0.15, 0.2) is 11.5 Å². The average Bonchev–Trinajstić information content (AvgIpc) is 3.18. The van der Waals surface area contributed by atoms with E-state index in [9.17, 15) is 9.59 Å². The summed E-state index contributed by atoms with van der Waals surface area (Å²) in [7, 11) is 1.71. The molecule has 1 atom stereocenters. The molecule has 0 aliphatic carbocycles. The fraction of sp³-hybridized carbons (Fsp3) is 0.250. The van der Waals surface area contributed by atoms with E-state index < -0.39 is 0 Å². The van der Waals surface area contributed by atoms with Crippen molar-refractivity contribution in [1.29, 1.82) is 0 Å². The summed E-state index contributed by atoms with van der Waals surface area (Å²) >= 11 is 0. The number of anilines is 1. The van der Waals surface area contributed by atoms with E-state index in [-0.39, 0.29) is 24.2 Å². The number of hydrogen-bond acceptors (Lipinski definition) is 4. The largest absolute Gasteiger partial charge is 0.440 e. The number of hydrogen-bond donors (Lipinski definition) is 1. The van der Waals surface area contributed by atoms with Crippen molar-refractivity contribution in [1.82, 2.24) is 9.88 Å². The number of nitrogens with zero attached hydrogens (tertiary/aromatic N) is 2. The maximum atomic E-state index is 12.4. The molecule has 1 aromatic heterocycles. The van der Waals surface area contributed by atoms with Crippen LogP contribution in [-0.2, 0) is 16.0 Å². The quantitative estimate of drug-likeness (QED) is 0.786. The lowest BCUT2D eigenvalue weighted by atomic mass is 10.1. The van der Waals surface area contributed by atoms with E-state index in [1.165, 1.54) is 0 Å². The minimum Gasteiger partial charge on any atom is -0.440 e. The van der Waals surface area contributed by atoms with E-state index in [2.05, 4.69) is 10.3 Å². The fourth-order valence-corrected chi connectivity index (χ4v) is 3.18. The van der Waals surface area contributed by atoms with Crippen LogP contribution in [0.2, 0.25) is 0 Å². The number of oxazole rings is 1. The number of carbonyl (C=O) groups is 2. The van der Waals surface area contributed by atoms with Crippen LogP contribution in [0, 0.1) is 5.92 Å². The smallest absolute Gasteiger partial charge is 0.229 e. The van der Waals surface area contributed by atoms with E-state index in [0.29, 0.717) is 30.1 Å². The summed E-state index contributed by atoms with van der Waals surface area (Å²) < 4.78 is 5.83. The Bertz CT molecular complexity index is 965. The Hall–Kier alpha value is -3.15. The predicted molar refractivity (Wildman–Crippen MR) is 97.6 cm³/mol. The maximum absolute atomic E-state index is 12.4. The number of likely N-dealkylation sites (tertiary alicyclic amines) is 1. The Kier molecular flexibility index (Phi) is 4.16. The van der Waals surface area contributed by atoms with Crippen LogP contribution in [-0.4, -0.2) is 35.3 Å². The van der Waals surface area contributed by atoms with Gasteiger partial charge in [0.1, 0.15) is 5.52 Å². The molecule has 1 saturated heterocycles. The van der Waals surface area contributed by atoms with E-state index in [1.54, 1.807) is 24.1 Å². The zero-order valence-corrected chi connectivity index (χ0v) is 14.4. The predicted octanol–water partition coefficient (Wildman–Crippen LogP) is 2.84. The Labute approximate surface area is 150 Å². The minimum atomic E-state index is -0.313. The van der Waals surface area contributed by atoms with Crippen LogP contribution in [0.15, 0.2) is 52.9 Å². The van der Waals surface area contributed by atoms with Crippen molar-refractivity contribution in [3.8, 4) is 0 Å². The highest BCUT2D eigenvalue weighted by Crippen LogP contribution is 2.23. The van der Waals surface area contributed by atoms with Gasteiger partial charge in [-0.25, -0.2) is 4.98 Å². The minimum absolute atomic E-state index is 0.00129. The van der Waals surface area contributed by atoms with Crippen molar-refractivity contribution in [2.75, 3.05) is 18.9 Å². The first-order valence-electron chi connectivity index (χ1n) is 8.57. The molecule has 1 unspecified atom stereocenters. The topological polar surface area (TPSA) is 75.4 Å². The van der Waals surface area contributed by atoms with Crippen LogP contribution in [0.4, 0.5) is 5.69 Å². The molecule has 0 spiro atoms. The van der Waals surface area contributed by atoms with Gasteiger partial charge in [0.05, 0.1) is 5.92 Å². The van der Waals surface area contributed by atoms with E-state index >= 15 is 0 Å². The molecule has 6 nitrogen and oxygen atoms in total. The summed E-state index contributed by atoms with van der Waals surface area (Å²) in [5, 5.41) is 2.87. The molecule has 2 heterocycles. The van der Waals surface area contributed by atoms with E-state index in [4.69, 9.17) is 4.42 Å². The lowest BCUT2D eigenvalue weighted by molar-refractivity contribution is -0.127. The number of amides is 2. The first kappa shape index (κ1) is 16.3. The van der Waals surface area contributed by atoms with Gasteiger partial charge in [-0.15, -0.1) is 0 Å². The molecule has 132 valence electrons. The summed E-state index contributed by atoms with van der Waals surface area (Å²) in [5.74, 6) is 0.178. The molecule has 0 bridgehead atoms. The van der Waals surface area contributed by atoms with Gasteiger partial charge in [-0.2, -0.15) is 0 Å². The van der Waals surface area contributed by atoms with Crippen molar-refractivity contribution in [3.05, 3.63) is 60.0 Å². The van der Waals surface area contributed by atoms with Crippen LogP contribution >= 0.6 is 0 Å². The van der Waals surface area contributed by atoms with Gasteiger partial charge in [0.2, 0.25) is 11.8 Å². The molecule has 6 heteroatoms. The SMILES string of the molecule is CN1CC(C(=O)Nc2ccc3nc(Cc4ccccc4)oc3c2)CC1=O. The van der Waals surface area contributed by atoms with Gasteiger partial charge in [0.25, 0.3) is 0 Å². The maximum Gasteiger partial charge on any atom is 0.229 e. The molecule has 2 aromatic carbocycles. The van der Waals surface area contributed by atoms with Gasteiger partial charge in [-0.1, -0.05) is 30.3 Å². The first-order chi connectivity index (χ1) is 12.6. The Balaban J connectivity index is 1.49. The van der Waals surface area contributed by atoms with Crippen LogP contribution in [0.3, 0.4) is 0 Å². The third-order valence-electron chi connectivity index (χ3n) is 4.61. The first-order valence-corrected chi connectivity index (χ1v) is 8.57. The Morgan fingerprint density at radius 2 is 2.08 bits per heavy atom. The second-order valence-corrected chi connectivity index (χ2v) is 6.62. The lowest BCUT2D eigenvalue weighted by Crippen LogP contribution is -2.25. The second kappa shape index (κ2) is 6.63. The number of benzene rings is 2. The van der Waals surface area contributed by atoms with Crippen molar-refractivity contribution in [2.45, 2.75) is 12.8 Å². The molecule has 26 heavy (non-hydrogen) atoms. The van der Waals surface area contributed by atoms with E-state index in [1.807, 2.05) is 36.4 Å². The summed E-state index contributed by atoms with van der Waals surface area (Å²) in [4.78, 5) is 30.0. The molecule has 1 N–H and O–H groups in total. The van der Waals surface area contributed by atoms with Crippen LogP contribution in [0.1, 0.15) is 17.9 Å². The number of nitrogens with one attached hydrogen (secondary N) is 1. The Morgan fingerprint density at radius 3 is 2.81 bits per heavy atom. The van der Waals surface area contributed by atoms with Crippen LogP contribution in [0.25, 0.3) is 11.1 Å². The highest BCUT2D eigenvalue weighted by Gasteiger charge is 2.32. The molecule has 2 amide bonds. The number of aromatic nitrogens is 1. The summed E-state index contributed by atoms with van der Waals surface area (Å²) in [6.07, 6.45) is 0.877. The molecule has 0 saturated carbocycles. The molecule has 0 radical (unpaired) electrons. The molecule has 1 aliphatic rings. The van der Waals surface area contributed by atoms with Crippen molar-refractivity contribution in [2.24, 2.45) is 5.92 Å². The molecular formula is C20H19N3O3. The molecule has 1 fully saturated rings. The zero-order valence-electron chi connectivity index (χ0n) is 14.4. The standard InChI is InChI=1S/C20H19N3O3/c1-23-12-14(10-19(23)24)20(25)21-15-7-8-16-17(11-15)26-18(22-16)9-13-5-3-2-4-6-13/h2-8,11,14H,9-10,12H2,1H3,(H,21,25). The van der Waals surface area contributed by atoms with Gasteiger partial charge in [0, 0.05) is 38.2 Å². The van der Waals surface area contributed by atoms with Crippen molar-refractivity contribution in [3.63, 3.8) is 0 Å². The lowest BCUT2D eigenvalue weighted by Gasteiger charge is -2.10. The molecule has 4 rings (SSSR count). The number of carbonyl (C=O) groups excluding carboxylic acids is 2. The number of fused-ring (bicyclic) bond motifs is 1. The van der Waals surface area contributed by atoms with Crippen molar-refractivity contribution >= 4 is 28.6 Å². The van der Waals surface area contributed by atoms with Gasteiger partial charge < -0.3 is 14.6 Å². The normalized spacial score (nSPS) is 17.0. The van der Waals surface area contributed by atoms with Gasteiger partial charge in [-0.05, 0) is 17.7 Å². The second-order valence-electron chi connectivity index (χ2n) is 6.62. The van der Waals surface area contributed by atoms with Gasteiger partial charge >= 0.3 is 0 Å². The summed E-state index contributed by atoms with van der Waals surface area (Å²) in [5.41, 5.74) is 3.16. The number of rotatable bonds is 4. The monoisotopic (exact) mass is 349 g/mol. The van der Waals surface area contributed by atoms with Crippen LogP contribution in [0.5, 0.6) is 0 Å². The van der Waals surface area contributed by atoms with Crippen molar-refractivity contribution < 1.29 is 14.0 Å². The Morgan fingerprint density at radius 1 is 1.27 bits per heavy atom. The average molecular weight is 349 g/mol. The molecular weight excluding hydrogens is 330 g/mol. The third kappa shape index (κ3) is 3.31. The highest BCUT2D eigenvalue weighted by molar-refractivity contribution is 5.98. The zero-order chi connectivity index (χ0) is 18.1. The third-order valence-corrected chi connectivity index (χ3v) is 4.61.